The Morgan fingerprint density at radius 3 is 2.11 bits per heavy atom. The van der Waals surface area contributed by atoms with Crippen LogP contribution in [0.4, 0.5) is 0 Å². The number of hydrogen-bond donors (Lipinski definition) is 1. The Kier molecular flexibility index (Phi) is 5.29. The molecule has 0 unspecified atom stereocenters. The van der Waals surface area contributed by atoms with Crippen molar-refractivity contribution in [3.05, 3.63) is 28.2 Å². The molecule has 0 atom stereocenters. The Morgan fingerprint density at radius 1 is 1.22 bits per heavy atom. The summed E-state index contributed by atoms with van der Waals surface area (Å²) in [6, 6.07) is 4.32. The van der Waals surface area contributed by atoms with Crippen LogP contribution in [-0.2, 0) is 10.0 Å². The van der Waals surface area contributed by atoms with Gasteiger partial charge in [-0.15, -0.1) is 12.4 Å². The molecule has 2 rings (SSSR count). The summed E-state index contributed by atoms with van der Waals surface area (Å²) < 4.78 is 25.9. The van der Waals surface area contributed by atoms with Gasteiger partial charge in [0.05, 0.1) is 4.90 Å². The SMILES string of the molecule is CN(C1CNC1)S(=O)(=O)c1cc(Cl)cc(Cl)c1.Cl. The van der Waals surface area contributed by atoms with Crippen molar-refractivity contribution < 1.29 is 8.42 Å². The fraction of sp³-hybridized carbons (Fsp3) is 0.400. The number of halogens is 3. The van der Waals surface area contributed by atoms with Crippen molar-refractivity contribution >= 4 is 45.6 Å². The summed E-state index contributed by atoms with van der Waals surface area (Å²) in [5, 5.41) is 3.66. The van der Waals surface area contributed by atoms with Crippen LogP contribution in [0.1, 0.15) is 0 Å². The maximum atomic E-state index is 12.3. The molecule has 1 fully saturated rings. The van der Waals surface area contributed by atoms with E-state index in [4.69, 9.17) is 23.2 Å². The van der Waals surface area contributed by atoms with Crippen LogP contribution < -0.4 is 5.32 Å². The molecular formula is C10H13Cl3N2O2S. The highest BCUT2D eigenvalue weighted by atomic mass is 35.5. The molecule has 1 aromatic rings. The Bertz CT molecular complexity index is 512. The summed E-state index contributed by atoms with van der Waals surface area (Å²) >= 11 is 11.6. The highest BCUT2D eigenvalue weighted by molar-refractivity contribution is 7.89. The van der Waals surface area contributed by atoms with Crippen LogP contribution in [0.5, 0.6) is 0 Å². The number of nitrogens with one attached hydrogen (secondary N) is 1. The molecule has 0 saturated carbocycles. The van der Waals surface area contributed by atoms with Crippen LogP contribution in [0.25, 0.3) is 0 Å². The molecule has 0 radical (unpaired) electrons. The average molecular weight is 332 g/mol. The summed E-state index contributed by atoms with van der Waals surface area (Å²) in [4.78, 5) is 0.129. The molecule has 1 N–H and O–H groups in total. The van der Waals surface area contributed by atoms with E-state index in [1.807, 2.05) is 0 Å². The minimum absolute atomic E-state index is 0. The zero-order valence-corrected chi connectivity index (χ0v) is 12.7. The van der Waals surface area contributed by atoms with Gasteiger partial charge in [0, 0.05) is 36.2 Å². The number of rotatable bonds is 3. The average Bonchev–Trinajstić information content (AvgIpc) is 2.13. The largest absolute Gasteiger partial charge is 0.313 e. The molecule has 8 heteroatoms. The molecule has 0 spiro atoms. The molecule has 0 aromatic heterocycles. The monoisotopic (exact) mass is 330 g/mol. The molecule has 1 aliphatic rings. The Labute approximate surface area is 123 Å². The first kappa shape index (κ1) is 16.0. The van der Waals surface area contributed by atoms with Crippen LogP contribution >= 0.6 is 35.6 Å². The van der Waals surface area contributed by atoms with Crippen molar-refractivity contribution in [2.24, 2.45) is 0 Å². The quantitative estimate of drug-likeness (QED) is 0.922. The van der Waals surface area contributed by atoms with Crippen LogP contribution in [-0.4, -0.2) is 38.9 Å². The van der Waals surface area contributed by atoms with Gasteiger partial charge in [-0.2, -0.15) is 4.31 Å². The van der Waals surface area contributed by atoms with E-state index in [-0.39, 0.29) is 23.3 Å². The van der Waals surface area contributed by atoms with Gasteiger partial charge in [-0.3, -0.25) is 0 Å². The lowest BCUT2D eigenvalue weighted by molar-refractivity contribution is 0.274. The second kappa shape index (κ2) is 5.94. The van der Waals surface area contributed by atoms with E-state index in [1.54, 1.807) is 7.05 Å². The molecule has 0 bridgehead atoms. The van der Waals surface area contributed by atoms with E-state index in [2.05, 4.69) is 5.32 Å². The molecule has 4 nitrogen and oxygen atoms in total. The predicted octanol–water partition coefficient (Wildman–Crippen LogP) is 2.01. The van der Waals surface area contributed by atoms with Crippen molar-refractivity contribution in [2.75, 3.05) is 20.1 Å². The number of likely N-dealkylation sites (N-methyl/N-ethyl adjacent to an activating group) is 1. The van der Waals surface area contributed by atoms with Gasteiger partial charge in [0.2, 0.25) is 10.0 Å². The highest BCUT2D eigenvalue weighted by Gasteiger charge is 2.31. The maximum absolute atomic E-state index is 12.3. The van der Waals surface area contributed by atoms with Gasteiger partial charge in [-0.25, -0.2) is 8.42 Å². The lowest BCUT2D eigenvalue weighted by Gasteiger charge is -2.34. The Balaban J connectivity index is 0.00000162. The lowest BCUT2D eigenvalue weighted by atomic mass is 10.2. The molecule has 0 amide bonds. The highest BCUT2D eigenvalue weighted by Crippen LogP contribution is 2.25. The fourth-order valence-electron chi connectivity index (χ4n) is 1.57. The summed E-state index contributed by atoms with van der Waals surface area (Å²) in [5.41, 5.74) is 0. The van der Waals surface area contributed by atoms with E-state index in [1.165, 1.54) is 22.5 Å². The third-order valence-corrected chi connectivity index (χ3v) is 5.11. The van der Waals surface area contributed by atoms with Crippen molar-refractivity contribution in [3.8, 4) is 0 Å². The standard InChI is InChI=1S/C10H12Cl2N2O2S.ClH/c1-14(9-5-13-6-9)17(15,16)10-3-7(11)2-8(12)4-10;/h2-4,9,13H,5-6H2,1H3;1H. The summed E-state index contributed by atoms with van der Waals surface area (Å²) in [5.74, 6) is 0. The number of hydrogen-bond acceptors (Lipinski definition) is 3. The van der Waals surface area contributed by atoms with Gasteiger partial charge >= 0.3 is 0 Å². The molecule has 1 aliphatic heterocycles. The summed E-state index contributed by atoms with van der Waals surface area (Å²) in [7, 11) is -1.95. The smallest absolute Gasteiger partial charge is 0.243 e. The molecular weight excluding hydrogens is 319 g/mol. The molecule has 0 aliphatic carbocycles. The summed E-state index contributed by atoms with van der Waals surface area (Å²) in [6.45, 7) is 1.34. The zero-order chi connectivity index (χ0) is 12.6. The number of benzene rings is 1. The third-order valence-electron chi connectivity index (χ3n) is 2.79. The van der Waals surface area contributed by atoms with Crippen LogP contribution in [0, 0.1) is 0 Å². The Hall–Kier alpha value is -0.0400. The predicted molar refractivity (Wildman–Crippen MR) is 75.3 cm³/mol. The van der Waals surface area contributed by atoms with Crippen molar-refractivity contribution in [3.63, 3.8) is 0 Å². The minimum atomic E-state index is -3.52. The maximum Gasteiger partial charge on any atom is 0.243 e. The molecule has 102 valence electrons. The van der Waals surface area contributed by atoms with E-state index >= 15 is 0 Å². The normalized spacial score (nSPS) is 16.2. The lowest BCUT2D eigenvalue weighted by Crippen LogP contribution is -2.57. The van der Waals surface area contributed by atoms with Gasteiger partial charge < -0.3 is 5.32 Å². The second-order valence-corrected chi connectivity index (χ2v) is 6.81. The Morgan fingerprint density at radius 2 is 1.72 bits per heavy atom. The minimum Gasteiger partial charge on any atom is -0.313 e. The van der Waals surface area contributed by atoms with E-state index in [0.717, 1.165) is 0 Å². The van der Waals surface area contributed by atoms with Crippen LogP contribution in [0.2, 0.25) is 10.0 Å². The van der Waals surface area contributed by atoms with E-state index < -0.39 is 10.0 Å². The molecule has 18 heavy (non-hydrogen) atoms. The first-order chi connectivity index (χ1) is 7.91. The molecule has 1 saturated heterocycles. The van der Waals surface area contributed by atoms with Gasteiger partial charge in [-0.05, 0) is 18.2 Å². The molecule has 1 heterocycles. The van der Waals surface area contributed by atoms with Crippen LogP contribution in [0.3, 0.4) is 0 Å². The second-order valence-electron chi connectivity index (χ2n) is 3.94. The van der Waals surface area contributed by atoms with Crippen molar-refractivity contribution in [1.29, 1.82) is 0 Å². The first-order valence-corrected chi connectivity index (χ1v) is 7.26. The van der Waals surface area contributed by atoms with Gasteiger partial charge in [0.25, 0.3) is 0 Å². The topological polar surface area (TPSA) is 49.4 Å². The third kappa shape index (κ3) is 3.10. The van der Waals surface area contributed by atoms with E-state index in [0.29, 0.717) is 23.1 Å². The fourth-order valence-corrected chi connectivity index (χ4v) is 3.65. The molecule has 1 aromatic carbocycles. The van der Waals surface area contributed by atoms with Gasteiger partial charge in [0.1, 0.15) is 0 Å². The van der Waals surface area contributed by atoms with Crippen molar-refractivity contribution in [2.45, 2.75) is 10.9 Å². The van der Waals surface area contributed by atoms with Gasteiger partial charge in [-0.1, -0.05) is 23.2 Å². The van der Waals surface area contributed by atoms with Gasteiger partial charge in [0.15, 0.2) is 0 Å². The van der Waals surface area contributed by atoms with Crippen LogP contribution in [0.15, 0.2) is 23.1 Å². The number of sulfonamides is 1. The van der Waals surface area contributed by atoms with E-state index in [9.17, 15) is 8.42 Å². The number of nitrogens with zero attached hydrogens (tertiary/aromatic N) is 1. The summed E-state index contributed by atoms with van der Waals surface area (Å²) in [6.07, 6.45) is 0. The zero-order valence-electron chi connectivity index (χ0n) is 9.56. The van der Waals surface area contributed by atoms with Crippen molar-refractivity contribution in [1.82, 2.24) is 9.62 Å². The first-order valence-electron chi connectivity index (χ1n) is 5.06.